The van der Waals surface area contributed by atoms with E-state index in [1.807, 2.05) is 0 Å². The molecule has 2 atom stereocenters. The summed E-state index contributed by atoms with van der Waals surface area (Å²) in [5.74, 6) is -1.86. The Labute approximate surface area is 169 Å². The number of fused-ring (bicyclic) bond motifs is 1. The number of carbonyl (C=O) groups excluding carboxylic acids is 1. The molecule has 0 aliphatic carbocycles. The summed E-state index contributed by atoms with van der Waals surface area (Å²) in [5, 5.41) is 30.0. The van der Waals surface area contributed by atoms with Crippen molar-refractivity contribution in [1.82, 2.24) is 20.3 Å². The highest BCUT2D eigenvalue weighted by Gasteiger charge is 2.51. The first-order valence-corrected chi connectivity index (χ1v) is 10.7. The molecular formula is C16H21N5O5S2. The molecule has 5 N–H and O–H groups in total. The number of carbonyl (C=O) groups is 3. The van der Waals surface area contributed by atoms with Gasteiger partial charge in [0.05, 0.1) is 0 Å². The van der Waals surface area contributed by atoms with Crippen LogP contribution in [-0.4, -0.2) is 71.3 Å². The normalized spacial score (nSPS) is 22.1. The van der Waals surface area contributed by atoms with Gasteiger partial charge in [0.15, 0.2) is 0 Å². The lowest BCUT2D eigenvalue weighted by Gasteiger charge is -2.48. The van der Waals surface area contributed by atoms with E-state index < -0.39 is 29.3 Å². The van der Waals surface area contributed by atoms with E-state index in [4.69, 9.17) is 5.73 Å². The number of aliphatic carboxylic acids is 2. The first-order chi connectivity index (χ1) is 13.3. The molecule has 12 heteroatoms. The Morgan fingerprint density at radius 2 is 2.07 bits per heavy atom. The molecule has 0 aromatic carbocycles. The van der Waals surface area contributed by atoms with Gasteiger partial charge in [-0.2, -0.15) is 0 Å². The zero-order valence-electron chi connectivity index (χ0n) is 15.3. The van der Waals surface area contributed by atoms with Crippen LogP contribution >= 0.6 is 23.5 Å². The highest BCUT2D eigenvalue weighted by atomic mass is 32.2. The van der Waals surface area contributed by atoms with E-state index in [1.54, 1.807) is 13.8 Å². The van der Waals surface area contributed by atoms with E-state index in [9.17, 15) is 24.6 Å². The van der Waals surface area contributed by atoms with E-state index in [0.717, 1.165) is 0 Å². The Morgan fingerprint density at radius 1 is 1.39 bits per heavy atom. The molecule has 1 aromatic heterocycles. The zero-order chi connectivity index (χ0) is 20.6. The number of hydrogen-bond acceptors (Lipinski definition) is 8. The van der Waals surface area contributed by atoms with Crippen LogP contribution in [-0.2, 0) is 19.8 Å². The number of H-pyrrole nitrogens is 1. The fourth-order valence-electron chi connectivity index (χ4n) is 3.47. The molecule has 1 aromatic rings. The third-order valence-electron chi connectivity index (χ3n) is 5.27. The molecule has 0 spiro atoms. The van der Waals surface area contributed by atoms with Gasteiger partial charge in [-0.25, -0.2) is 4.79 Å². The Hall–Kier alpha value is -2.05. The Bertz CT molecular complexity index is 850. The van der Waals surface area contributed by atoms with Crippen LogP contribution < -0.4 is 5.73 Å². The number of hydrogen-bond donors (Lipinski definition) is 4. The molecule has 1 fully saturated rings. The van der Waals surface area contributed by atoms with Gasteiger partial charge in [0, 0.05) is 11.5 Å². The summed E-state index contributed by atoms with van der Waals surface area (Å²) in [4.78, 5) is 36.9. The first-order valence-electron chi connectivity index (χ1n) is 8.71. The van der Waals surface area contributed by atoms with Gasteiger partial charge in [-0.3, -0.25) is 19.6 Å². The van der Waals surface area contributed by atoms with Crippen LogP contribution in [0.3, 0.4) is 0 Å². The Kier molecular flexibility index (Phi) is 5.73. The lowest BCUT2D eigenvalue weighted by molar-refractivity contribution is -0.147. The number of β-lactam (4-membered cyclic amide) rings is 1. The minimum Gasteiger partial charge on any atom is -0.481 e. The maximum Gasteiger partial charge on any atom is 0.352 e. The SMILES string of the molecule is CCC(CC)(C(=O)O)c1nn[nH]c1SCC1=C(C(=O)O)N2C(=O)C(N)[C@H]2SC1. The monoisotopic (exact) mass is 427 g/mol. The molecule has 0 bridgehead atoms. The van der Waals surface area contributed by atoms with Crippen molar-refractivity contribution >= 4 is 41.4 Å². The van der Waals surface area contributed by atoms with Gasteiger partial charge < -0.3 is 15.9 Å². The average molecular weight is 428 g/mol. The van der Waals surface area contributed by atoms with Crippen LogP contribution in [0.1, 0.15) is 32.4 Å². The van der Waals surface area contributed by atoms with Gasteiger partial charge in [-0.15, -0.1) is 28.6 Å². The van der Waals surface area contributed by atoms with Crippen LogP contribution in [0, 0.1) is 0 Å². The molecule has 3 rings (SSSR count). The third kappa shape index (κ3) is 3.08. The van der Waals surface area contributed by atoms with E-state index >= 15 is 0 Å². The molecule has 1 amide bonds. The van der Waals surface area contributed by atoms with Crippen molar-refractivity contribution < 1.29 is 24.6 Å². The molecule has 152 valence electrons. The molecule has 3 heterocycles. The average Bonchev–Trinajstić information content (AvgIpc) is 3.15. The van der Waals surface area contributed by atoms with Crippen LogP contribution in [0.5, 0.6) is 0 Å². The lowest BCUT2D eigenvalue weighted by atomic mass is 9.79. The molecule has 2 aliphatic rings. The molecule has 10 nitrogen and oxygen atoms in total. The van der Waals surface area contributed by atoms with Gasteiger partial charge in [-0.05, 0) is 18.4 Å². The Balaban J connectivity index is 1.87. The van der Waals surface area contributed by atoms with Crippen molar-refractivity contribution in [2.75, 3.05) is 11.5 Å². The number of carboxylic acids is 2. The van der Waals surface area contributed by atoms with E-state index in [1.165, 1.54) is 28.4 Å². The topological polar surface area (TPSA) is 162 Å². The first kappa shape index (κ1) is 20.7. The summed E-state index contributed by atoms with van der Waals surface area (Å²) in [7, 11) is 0. The number of thioether (sulfide) groups is 2. The zero-order valence-corrected chi connectivity index (χ0v) is 17.0. The van der Waals surface area contributed by atoms with Crippen LogP contribution in [0.4, 0.5) is 0 Å². The lowest BCUT2D eigenvalue weighted by Crippen LogP contribution is -2.68. The number of aromatic amines is 1. The van der Waals surface area contributed by atoms with E-state index in [0.29, 0.717) is 34.9 Å². The van der Waals surface area contributed by atoms with Crippen molar-refractivity contribution in [1.29, 1.82) is 0 Å². The van der Waals surface area contributed by atoms with E-state index in [2.05, 4.69) is 15.4 Å². The molecule has 1 saturated heterocycles. The standard InChI is InChI=1S/C16H21N5O5S2/c1-3-16(4-2,15(25)26)10-11(19-20-18-10)27-5-7-6-28-13-8(17)12(22)21(13)9(7)14(23)24/h8,13H,3-6,17H2,1-2H3,(H,23,24)(H,25,26)(H,18,19,20)/t8?,13-/m1/s1. The highest BCUT2D eigenvalue weighted by Crippen LogP contribution is 2.42. The predicted octanol–water partition coefficient (Wildman–Crippen LogP) is 0.620. The number of nitrogens with zero attached hydrogens (tertiary/aromatic N) is 3. The van der Waals surface area contributed by atoms with Crippen LogP contribution in [0.15, 0.2) is 16.3 Å². The number of aromatic nitrogens is 3. The minimum atomic E-state index is -1.17. The number of amides is 1. The summed E-state index contributed by atoms with van der Waals surface area (Å²) in [6.45, 7) is 3.56. The quantitative estimate of drug-likeness (QED) is 0.342. The molecule has 1 unspecified atom stereocenters. The predicted molar refractivity (Wildman–Crippen MR) is 103 cm³/mol. The summed E-state index contributed by atoms with van der Waals surface area (Å²) in [6.07, 6.45) is 0.694. The van der Waals surface area contributed by atoms with Crippen LogP contribution in [0.2, 0.25) is 0 Å². The number of nitrogens with one attached hydrogen (secondary N) is 1. The summed E-state index contributed by atoms with van der Waals surface area (Å²) < 4.78 is 0. The molecule has 0 saturated carbocycles. The van der Waals surface area contributed by atoms with Gasteiger partial charge in [0.25, 0.3) is 0 Å². The fraction of sp³-hybridized carbons (Fsp3) is 0.562. The summed E-state index contributed by atoms with van der Waals surface area (Å²) in [6, 6.07) is -0.678. The number of rotatable bonds is 8. The minimum absolute atomic E-state index is 0.0348. The molecule has 2 aliphatic heterocycles. The van der Waals surface area contributed by atoms with Crippen molar-refractivity contribution in [2.24, 2.45) is 5.73 Å². The summed E-state index contributed by atoms with van der Waals surface area (Å²) >= 11 is 2.66. The third-order valence-corrected chi connectivity index (χ3v) is 7.69. The van der Waals surface area contributed by atoms with Crippen molar-refractivity contribution in [3.8, 4) is 0 Å². The van der Waals surface area contributed by atoms with Crippen LogP contribution in [0.25, 0.3) is 0 Å². The van der Waals surface area contributed by atoms with E-state index in [-0.39, 0.29) is 16.8 Å². The number of nitrogens with two attached hydrogens (primary N) is 1. The van der Waals surface area contributed by atoms with Gasteiger partial charge in [0.1, 0.15) is 33.2 Å². The second-order valence-electron chi connectivity index (χ2n) is 6.57. The van der Waals surface area contributed by atoms with Crippen molar-refractivity contribution in [2.45, 2.75) is 48.5 Å². The smallest absolute Gasteiger partial charge is 0.352 e. The second-order valence-corrected chi connectivity index (χ2v) is 8.66. The maximum absolute atomic E-state index is 12.0. The van der Waals surface area contributed by atoms with Gasteiger partial charge >= 0.3 is 11.9 Å². The molecular weight excluding hydrogens is 406 g/mol. The summed E-state index contributed by atoms with van der Waals surface area (Å²) in [5.41, 5.74) is 5.48. The largest absolute Gasteiger partial charge is 0.481 e. The molecule has 0 radical (unpaired) electrons. The highest BCUT2D eigenvalue weighted by molar-refractivity contribution is 8.01. The van der Waals surface area contributed by atoms with Crippen molar-refractivity contribution in [3.05, 3.63) is 17.0 Å². The number of carboxylic acid groups (broad SMARTS) is 2. The fourth-order valence-corrected chi connectivity index (χ4v) is 5.93. The second kappa shape index (κ2) is 7.76. The van der Waals surface area contributed by atoms with Gasteiger partial charge in [0.2, 0.25) is 5.91 Å². The van der Waals surface area contributed by atoms with Crippen molar-refractivity contribution in [3.63, 3.8) is 0 Å². The van der Waals surface area contributed by atoms with Gasteiger partial charge in [-0.1, -0.05) is 19.1 Å². The molecule has 28 heavy (non-hydrogen) atoms. The Morgan fingerprint density at radius 3 is 2.64 bits per heavy atom. The maximum atomic E-state index is 12.0.